The molecule has 1 aliphatic carbocycles. The van der Waals surface area contributed by atoms with Crippen molar-refractivity contribution in [3.05, 3.63) is 48.0 Å². The van der Waals surface area contributed by atoms with Gasteiger partial charge in [0.25, 0.3) is 5.91 Å². The van der Waals surface area contributed by atoms with Crippen molar-refractivity contribution < 1.29 is 9.53 Å². The molecule has 1 aliphatic heterocycles. The van der Waals surface area contributed by atoms with Gasteiger partial charge in [-0.3, -0.25) is 4.79 Å². The minimum atomic E-state index is 0.0568. The molecule has 114 valence electrons. The molecule has 0 radical (unpaired) electrons. The summed E-state index contributed by atoms with van der Waals surface area (Å²) in [5.41, 5.74) is 1.05. The third-order valence-corrected chi connectivity index (χ3v) is 5.48. The smallest absolute Gasteiger partial charge is 0.251 e. The first-order chi connectivity index (χ1) is 10.8. The maximum Gasteiger partial charge on any atom is 0.251 e. The van der Waals surface area contributed by atoms with Gasteiger partial charge in [-0.15, -0.1) is 0 Å². The molecule has 2 aromatic rings. The molecule has 3 nitrogen and oxygen atoms in total. The number of hydrogen-bond acceptors (Lipinski definition) is 2. The highest BCUT2D eigenvalue weighted by Crippen LogP contribution is 2.48. The average Bonchev–Trinajstić information content (AvgIpc) is 2.59. The monoisotopic (exact) mass is 295 g/mol. The van der Waals surface area contributed by atoms with E-state index >= 15 is 0 Å². The van der Waals surface area contributed by atoms with E-state index in [-0.39, 0.29) is 5.91 Å². The van der Waals surface area contributed by atoms with E-state index in [2.05, 4.69) is 17.4 Å². The second-order valence-corrected chi connectivity index (χ2v) is 6.60. The van der Waals surface area contributed by atoms with Gasteiger partial charge in [-0.25, -0.2) is 0 Å². The number of carbonyl (C=O) groups excluding carboxylic acids is 1. The third-order valence-electron chi connectivity index (χ3n) is 5.48. The average molecular weight is 295 g/mol. The van der Waals surface area contributed by atoms with Crippen molar-refractivity contribution in [2.45, 2.75) is 31.7 Å². The van der Waals surface area contributed by atoms with Crippen LogP contribution in [0.1, 0.15) is 36.0 Å². The lowest BCUT2D eigenvalue weighted by molar-refractivity contribution is -0.0523. The normalized spacial score (nSPS) is 23.2. The van der Waals surface area contributed by atoms with Crippen LogP contribution in [0.2, 0.25) is 0 Å². The summed E-state index contributed by atoms with van der Waals surface area (Å²) in [7, 11) is 0. The number of ether oxygens (including phenoxy) is 1. The van der Waals surface area contributed by atoms with Crippen LogP contribution in [0.25, 0.3) is 10.8 Å². The summed E-state index contributed by atoms with van der Waals surface area (Å²) in [6.07, 6.45) is 4.48. The molecule has 1 atom stereocenters. The number of benzene rings is 2. The zero-order valence-electron chi connectivity index (χ0n) is 12.7. The van der Waals surface area contributed by atoms with Crippen LogP contribution in [0.15, 0.2) is 42.5 Å². The maximum absolute atomic E-state index is 12.6. The molecule has 1 saturated carbocycles. The van der Waals surface area contributed by atoms with Gasteiger partial charge in [0.1, 0.15) is 0 Å². The Hall–Kier alpha value is -1.87. The van der Waals surface area contributed by atoms with Gasteiger partial charge in [-0.2, -0.15) is 0 Å². The van der Waals surface area contributed by atoms with Crippen LogP contribution < -0.4 is 5.32 Å². The predicted octanol–water partition coefficient (Wildman–Crippen LogP) is 3.53. The molecule has 1 N–H and O–H groups in total. The summed E-state index contributed by atoms with van der Waals surface area (Å²) >= 11 is 0. The Morgan fingerprint density at radius 1 is 1.05 bits per heavy atom. The molecule has 2 aromatic carbocycles. The van der Waals surface area contributed by atoms with Crippen molar-refractivity contribution in [2.24, 2.45) is 5.41 Å². The zero-order valence-corrected chi connectivity index (χ0v) is 12.7. The topological polar surface area (TPSA) is 38.3 Å². The van der Waals surface area contributed by atoms with Crippen LogP contribution in [0.3, 0.4) is 0 Å². The highest BCUT2D eigenvalue weighted by molar-refractivity contribution is 5.98. The quantitative estimate of drug-likeness (QED) is 0.920. The molecule has 4 rings (SSSR count). The molecular weight excluding hydrogens is 274 g/mol. The molecule has 1 amide bonds. The Balaban J connectivity index is 1.51. The van der Waals surface area contributed by atoms with E-state index in [1.165, 1.54) is 11.8 Å². The summed E-state index contributed by atoms with van der Waals surface area (Å²) in [5, 5.41) is 5.55. The van der Waals surface area contributed by atoms with Crippen LogP contribution in [-0.4, -0.2) is 25.2 Å². The minimum Gasteiger partial charge on any atom is -0.381 e. The summed E-state index contributed by atoms with van der Waals surface area (Å²) in [6.45, 7) is 1.67. The third kappa shape index (κ3) is 2.30. The highest BCUT2D eigenvalue weighted by Gasteiger charge is 2.47. The summed E-state index contributed by atoms with van der Waals surface area (Å²) in [4.78, 5) is 12.6. The van der Waals surface area contributed by atoms with Gasteiger partial charge in [0.2, 0.25) is 0 Å². The van der Waals surface area contributed by atoms with Gasteiger partial charge in [0.15, 0.2) is 0 Å². The van der Waals surface area contributed by atoms with Gasteiger partial charge in [0.05, 0.1) is 0 Å². The summed E-state index contributed by atoms with van der Waals surface area (Å²) in [5.74, 6) is 0.0568. The molecule has 2 fully saturated rings. The Labute approximate surface area is 130 Å². The Kier molecular flexibility index (Phi) is 3.38. The molecule has 2 aliphatic rings. The number of fused-ring (bicyclic) bond motifs is 1. The first-order valence-electron chi connectivity index (χ1n) is 8.14. The van der Waals surface area contributed by atoms with E-state index in [0.717, 1.165) is 43.4 Å². The van der Waals surface area contributed by atoms with Crippen molar-refractivity contribution in [2.75, 3.05) is 13.2 Å². The number of carbonyl (C=O) groups is 1. The summed E-state index contributed by atoms with van der Waals surface area (Å²) in [6, 6.07) is 14.4. The van der Waals surface area contributed by atoms with Crippen molar-refractivity contribution in [1.29, 1.82) is 0 Å². The van der Waals surface area contributed by atoms with Crippen molar-refractivity contribution in [3.8, 4) is 0 Å². The lowest BCUT2D eigenvalue weighted by Gasteiger charge is -2.52. The Morgan fingerprint density at radius 3 is 2.55 bits per heavy atom. The fourth-order valence-electron chi connectivity index (χ4n) is 3.87. The lowest BCUT2D eigenvalue weighted by atomic mass is 9.60. The van der Waals surface area contributed by atoms with E-state index in [0.29, 0.717) is 11.5 Å². The van der Waals surface area contributed by atoms with E-state index in [1.807, 2.05) is 30.3 Å². The molecule has 3 heteroatoms. The number of nitrogens with one attached hydrogen (secondary N) is 1. The molecule has 22 heavy (non-hydrogen) atoms. The second kappa shape index (κ2) is 5.40. The SMILES string of the molecule is O=C(NC1CCC12CCOCC2)c1ccc2ccccc2c1. The minimum absolute atomic E-state index is 0.0568. The molecular formula is C19H21NO2. The number of rotatable bonds is 2. The van der Waals surface area contributed by atoms with Crippen molar-refractivity contribution >= 4 is 16.7 Å². The molecule has 0 aromatic heterocycles. The van der Waals surface area contributed by atoms with Crippen LogP contribution in [0.4, 0.5) is 0 Å². The van der Waals surface area contributed by atoms with Crippen molar-refractivity contribution in [3.63, 3.8) is 0 Å². The first-order valence-corrected chi connectivity index (χ1v) is 8.14. The molecule has 0 bridgehead atoms. The van der Waals surface area contributed by atoms with Crippen molar-refractivity contribution in [1.82, 2.24) is 5.32 Å². The fourth-order valence-corrected chi connectivity index (χ4v) is 3.87. The Morgan fingerprint density at radius 2 is 1.82 bits per heavy atom. The molecule has 1 saturated heterocycles. The van der Waals surface area contributed by atoms with Gasteiger partial charge in [0, 0.05) is 24.8 Å². The van der Waals surface area contributed by atoms with Gasteiger partial charge in [-0.05, 0) is 54.0 Å². The first kappa shape index (κ1) is 13.8. The van der Waals surface area contributed by atoms with E-state index < -0.39 is 0 Å². The van der Waals surface area contributed by atoms with E-state index in [4.69, 9.17) is 4.74 Å². The molecule has 1 heterocycles. The van der Waals surface area contributed by atoms with Gasteiger partial charge >= 0.3 is 0 Å². The second-order valence-electron chi connectivity index (χ2n) is 6.60. The van der Waals surface area contributed by atoms with Gasteiger partial charge < -0.3 is 10.1 Å². The van der Waals surface area contributed by atoms with Gasteiger partial charge in [-0.1, -0.05) is 30.3 Å². The number of hydrogen-bond donors (Lipinski definition) is 1. The Bertz CT molecular complexity index is 703. The standard InChI is InChI=1S/C19H21NO2/c21-18(16-6-5-14-3-1-2-4-15(14)13-16)20-17-7-8-19(17)9-11-22-12-10-19/h1-6,13,17H,7-12H2,(H,20,21). The highest BCUT2D eigenvalue weighted by atomic mass is 16.5. The predicted molar refractivity (Wildman–Crippen MR) is 86.9 cm³/mol. The lowest BCUT2D eigenvalue weighted by Crippen LogP contribution is -2.57. The molecule has 1 unspecified atom stereocenters. The molecule has 1 spiro atoms. The van der Waals surface area contributed by atoms with Crippen LogP contribution >= 0.6 is 0 Å². The van der Waals surface area contributed by atoms with Crippen LogP contribution in [0, 0.1) is 5.41 Å². The maximum atomic E-state index is 12.6. The van der Waals surface area contributed by atoms with E-state index in [9.17, 15) is 4.79 Å². The van der Waals surface area contributed by atoms with Crippen LogP contribution in [-0.2, 0) is 4.74 Å². The van der Waals surface area contributed by atoms with E-state index in [1.54, 1.807) is 0 Å². The summed E-state index contributed by atoms with van der Waals surface area (Å²) < 4.78 is 5.47. The number of amides is 1. The largest absolute Gasteiger partial charge is 0.381 e. The zero-order chi connectivity index (χ0) is 15.0. The fraction of sp³-hybridized carbons (Fsp3) is 0.421. The van der Waals surface area contributed by atoms with Crippen LogP contribution in [0.5, 0.6) is 0 Å².